The maximum absolute atomic E-state index is 13.1. The van der Waals surface area contributed by atoms with Crippen molar-refractivity contribution in [3.05, 3.63) is 78.6 Å². The molecule has 9 rings (SSSR count). The number of tetrazole rings is 2. The van der Waals surface area contributed by atoms with Crippen LogP contribution < -0.4 is 20.5 Å². The average molecular weight is 646 g/mol. The largest absolute Gasteiger partial charge is 0.486 e. The van der Waals surface area contributed by atoms with Gasteiger partial charge in [-0.05, 0) is 83.9 Å². The Bertz CT molecular complexity index is 2130. The Morgan fingerprint density at radius 1 is 0.875 bits per heavy atom. The number of hydrogen-bond donors (Lipinski definition) is 2. The van der Waals surface area contributed by atoms with Gasteiger partial charge in [0.2, 0.25) is 0 Å². The molecule has 0 saturated heterocycles. The highest BCUT2D eigenvalue weighted by molar-refractivity contribution is 6.04. The number of benzene rings is 2. The zero-order valence-electron chi connectivity index (χ0n) is 26.1. The molecule has 48 heavy (non-hydrogen) atoms. The van der Waals surface area contributed by atoms with Gasteiger partial charge in [-0.15, -0.1) is 10.2 Å². The molecule has 16 nitrogen and oxygen atoms in total. The summed E-state index contributed by atoms with van der Waals surface area (Å²) in [5, 5.41) is 26.5. The van der Waals surface area contributed by atoms with E-state index in [4.69, 9.17) is 15.2 Å². The number of carbonyl (C=O) groups is 1. The van der Waals surface area contributed by atoms with Crippen LogP contribution in [0.2, 0.25) is 0 Å². The summed E-state index contributed by atoms with van der Waals surface area (Å²) < 4.78 is 17.2. The smallest absolute Gasteiger partial charge is 0.274 e. The lowest BCUT2D eigenvalue weighted by Gasteiger charge is -2.16. The second-order valence-corrected chi connectivity index (χ2v) is 12.0. The quantitative estimate of drug-likeness (QED) is 0.266. The molecule has 242 valence electrons. The monoisotopic (exact) mass is 645 g/mol. The van der Waals surface area contributed by atoms with Gasteiger partial charge in [-0.1, -0.05) is 12.1 Å². The molecule has 0 radical (unpaired) electrons. The Labute approximate surface area is 273 Å². The van der Waals surface area contributed by atoms with Gasteiger partial charge in [0.25, 0.3) is 5.91 Å². The van der Waals surface area contributed by atoms with E-state index in [1.807, 2.05) is 61.0 Å². The number of hydrogen-bond acceptors (Lipinski definition) is 12. The molecule has 3 N–H and O–H groups in total. The van der Waals surface area contributed by atoms with Crippen LogP contribution in [0.1, 0.15) is 48.8 Å². The van der Waals surface area contributed by atoms with Crippen molar-refractivity contribution in [2.45, 2.75) is 57.9 Å². The molecule has 1 fully saturated rings. The van der Waals surface area contributed by atoms with Gasteiger partial charge in [-0.2, -0.15) is 0 Å². The molecule has 2 atom stereocenters. The van der Waals surface area contributed by atoms with Crippen LogP contribution in [0.5, 0.6) is 11.5 Å². The summed E-state index contributed by atoms with van der Waals surface area (Å²) in [6.07, 6.45) is 7.63. The number of imidazole rings is 1. The number of carbonyl (C=O) groups excluding carboxylic acids is 1. The molecule has 4 aromatic heterocycles. The van der Waals surface area contributed by atoms with Crippen LogP contribution in [0.3, 0.4) is 0 Å². The number of rotatable bonds is 4. The Kier molecular flexibility index (Phi) is 7.23. The standard InChI is InChI=1S/C22H20N8O2.C10H11N5O/c1-13-10-30-21(26-27-28-30)16-3-2-4-17(20(16)32-13)25-22(31)18-9-15(7-8-23-18)29-11-19(24-12-29)14-5-6-14;1-6-5-15-10(12-13-14-15)7-3-2-4-8(11)9(7)16-6/h2-4,7-9,11-14H,5-6,10H2,1H3,(H,25,31);2-4,6H,5,11H2,1H3/t13-;6-/m11/s1. The van der Waals surface area contributed by atoms with Gasteiger partial charge in [-0.3, -0.25) is 9.78 Å². The predicted molar refractivity (Wildman–Crippen MR) is 172 cm³/mol. The Morgan fingerprint density at radius 2 is 1.54 bits per heavy atom. The first-order valence-electron chi connectivity index (χ1n) is 15.6. The summed E-state index contributed by atoms with van der Waals surface area (Å²) in [7, 11) is 0. The molecule has 1 aliphatic carbocycles. The average Bonchev–Trinajstić information content (AvgIpc) is 3.46. The molecule has 16 heteroatoms. The number of nitrogens with two attached hydrogens (primary N) is 1. The second kappa shape index (κ2) is 11.9. The van der Waals surface area contributed by atoms with Crippen molar-refractivity contribution >= 4 is 17.3 Å². The van der Waals surface area contributed by atoms with Crippen LogP contribution in [0, 0.1) is 0 Å². The van der Waals surface area contributed by atoms with E-state index < -0.39 is 0 Å². The van der Waals surface area contributed by atoms with E-state index in [2.05, 4.69) is 46.3 Å². The molecule has 2 aliphatic heterocycles. The van der Waals surface area contributed by atoms with Gasteiger partial charge in [-0.25, -0.2) is 14.3 Å². The first kappa shape index (κ1) is 29.2. The van der Waals surface area contributed by atoms with Gasteiger partial charge in [0.1, 0.15) is 17.9 Å². The summed E-state index contributed by atoms with van der Waals surface area (Å²) >= 11 is 0. The zero-order chi connectivity index (χ0) is 32.8. The summed E-state index contributed by atoms with van der Waals surface area (Å²) in [5.41, 5.74) is 10.8. The third-order valence-corrected chi connectivity index (χ3v) is 8.22. The first-order chi connectivity index (χ1) is 23.4. The van der Waals surface area contributed by atoms with Crippen LogP contribution in [0.25, 0.3) is 28.5 Å². The normalized spacial score (nSPS) is 17.5. The number of para-hydroxylation sites is 2. The fourth-order valence-corrected chi connectivity index (χ4v) is 5.77. The third-order valence-electron chi connectivity index (χ3n) is 8.22. The topological polar surface area (TPSA) is 191 Å². The minimum Gasteiger partial charge on any atom is -0.486 e. The zero-order valence-corrected chi connectivity index (χ0v) is 26.1. The number of nitrogens with zero attached hydrogens (tertiary/aromatic N) is 11. The number of nitrogens with one attached hydrogen (secondary N) is 1. The number of fused-ring (bicyclic) bond motifs is 6. The molecule has 1 saturated carbocycles. The molecular weight excluding hydrogens is 614 g/mol. The van der Waals surface area contributed by atoms with Crippen molar-refractivity contribution in [1.82, 2.24) is 54.9 Å². The number of amides is 1. The first-order valence-corrected chi connectivity index (χ1v) is 15.6. The molecule has 1 amide bonds. The SMILES string of the molecule is C[C@@H]1Cn2nnnc2-c2cccc(N)c2O1.C[C@@H]1Cn2nnnc2-c2cccc(NC(=O)c3cc(-n4cnc(C5CC5)c4)ccn3)c2O1. The molecule has 0 spiro atoms. The molecule has 0 bridgehead atoms. The highest BCUT2D eigenvalue weighted by Gasteiger charge is 2.27. The van der Waals surface area contributed by atoms with Crippen LogP contribution in [-0.4, -0.2) is 73.1 Å². The van der Waals surface area contributed by atoms with E-state index in [1.54, 1.807) is 34.0 Å². The van der Waals surface area contributed by atoms with Gasteiger partial charge in [0.15, 0.2) is 23.1 Å². The highest BCUT2D eigenvalue weighted by atomic mass is 16.5. The van der Waals surface area contributed by atoms with Gasteiger partial charge in [0, 0.05) is 18.3 Å². The summed E-state index contributed by atoms with van der Waals surface area (Å²) in [6, 6.07) is 14.7. The number of ether oxygens (including phenoxy) is 2. The maximum atomic E-state index is 13.1. The van der Waals surface area contributed by atoms with E-state index in [0.717, 1.165) is 22.5 Å². The predicted octanol–water partition coefficient (Wildman–Crippen LogP) is 3.53. The van der Waals surface area contributed by atoms with Crippen molar-refractivity contribution in [1.29, 1.82) is 0 Å². The minimum absolute atomic E-state index is 0.00630. The van der Waals surface area contributed by atoms with Crippen molar-refractivity contribution in [2.24, 2.45) is 0 Å². The number of nitrogen functional groups attached to an aromatic ring is 1. The molecule has 0 unspecified atom stereocenters. The maximum Gasteiger partial charge on any atom is 0.274 e. The van der Waals surface area contributed by atoms with Gasteiger partial charge >= 0.3 is 0 Å². The molecule has 2 aromatic carbocycles. The molecule has 6 aromatic rings. The molecule has 3 aliphatic rings. The summed E-state index contributed by atoms with van der Waals surface area (Å²) in [6.45, 7) is 5.04. The lowest BCUT2D eigenvalue weighted by atomic mass is 10.1. The lowest BCUT2D eigenvalue weighted by molar-refractivity contribution is 0.102. The van der Waals surface area contributed by atoms with Crippen LogP contribution in [0.15, 0.2) is 67.3 Å². The lowest BCUT2D eigenvalue weighted by Crippen LogP contribution is -2.20. The van der Waals surface area contributed by atoms with Crippen molar-refractivity contribution in [3.63, 3.8) is 0 Å². The minimum atomic E-state index is -0.331. The highest BCUT2D eigenvalue weighted by Crippen LogP contribution is 2.40. The van der Waals surface area contributed by atoms with Gasteiger partial charge in [0.05, 0.1) is 53.3 Å². The van der Waals surface area contributed by atoms with Crippen LogP contribution in [-0.2, 0) is 13.1 Å². The van der Waals surface area contributed by atoms with E-state index in [1.165, 1.54) is 12.8 Å². The van der Waals surface area contributed by atoms with Crippen LogP contribution >= 0.6 is 0 Å². The molecular formula is C32H31N13O3. The summed E-state index contributed by atoms with van der Waals surface area (Å²) in [4.78, 5) is 21.8. The van der Waals surface area contributed by atoms with Crippen molar-refractivity contribution in [2.75, 3.05) is 11.1 Å². The second-order valence-electron chi connectivity index (χ2n) is 12.0. The fraction of sp³-hybridized carbons (Fsp3) is 0.281. The Morgan fingerprint density at radius 3 is 2.25 bits per heavy atom. The fourth-order valence-electron chi connectivity index (χ4n) is 5.77. The molecule has 6 heterocycles. The third kappa shape index (κ3) is 5.56. The van der Waals surface area contributed by atoms with E-state index >= 15 is 0 Å². The Hall–Kier alpha value is -6.19. The number of aromatic nitrogens is 11. The summed E-state index contributed by atoms with van der Waals surface area (Å²) in [5.74, 6) is 2.75. The van der Waals surface area contributed by atoms with E-state index in [-0.39, 0.29) is 18.1 Å². The van der Waals surface area contributed by atoms with Crippen molar-refractivity contribution in [3.8, 4) is 40.0 Å². The number of pyridine rings is 1. The number of anilines is 2. The van der Waals surface area contributed by atoms with Crippen molar-refractivity contribution < 1.29 is 14.3 Å². The van der Waals surface area contributed by atoms with E-state index in [9.17, 15) is 4.79 Å². The Balaban J connectivity index is 0.000000176. The van der Waals surface area contributed by atoms with Crippen LogP contribution in [0.4, 0.5) is 11.4 Å². The van der Waals surface area contributed by atoms with Gasteiger partial charge < -0.3 is 25.1 Å². The van der Waals surface area contributed by atoms with E-state index in [0.29, 0.717) is 59.2 Å².